The zero-order chi connectivity index (χ0) is 16.2. The Morgan fingerprint density at radius 2 is 1.78 bits per heavy atom. The summed E-state index contributed by atoms with van der Waals surface area (Å²) in [5.74, 6) is -2.17. The van der Waals surface area contributed by atoms with E-state index in [2.05, 4.69) is 15.2 Å². The number of nitrogens with zero attached hydrogens (tertiary/aromatic N) is 3. The number of alkyl halides is 2. The van der Waals surface area contributed by atoms with E-state index >= 15 is 0 Å². The molecule has 1 N–H and O–H groups in total. The van der Waals surface area contributed by atoms with E-state index in [1.165, 1.54) is 12.8 Å². The van der Waals surface area contributed by atoms with Gasteiger partial charge < -0.3 is 10.2 Å². The molecule has 0 bridgehead atoms. The van der Waals surface area contributed by atoms with Crippen molar-refractivity contribution >= 4 is 40.0 Å². The first-order valence-electron chi connectivity index (χ1n) is 7.68. The second kappa shape index (κ2) is 9.30. The molecule has 23 heavy (non-hydrogen) atoms. The summed E-state index contributed by atoms with van der Waals surface area (Å²) in [4.78, 5) is 6.46. The maximum atomic E-state index is 12.5. The van der Waals surface area contributed by atoms with Crippen LogP contribution in [0, 0.1) is 5.92 Å². The zero-order valence-electron chi connectivity index (χ0n) is 13.2. The highest BCUT2D eigenvalue weighted by Crippen LogP contribution is 2.22. The Hall–Kier alpha value is -0.230. The van der Waals surface area contributed by atoms with Crippen LogP contribution in [0.1, 0.15) is 25.7 Å². The quantitative estimate of drug-likeness (QED) is 0.388. The number of sulfonamides is 1. The molecule has 2 aliphatic heterocycles. The fourth-order valence-corrected chi connectivity index (χ4v) is 3.92. The maximum Gasteiger partial charge on any atom is 0.350 e. The first-order chi connectivity index (χ1) is 10.4. The Kier molecular flexibility index (Phi) is 8.42. The summed E-state index contributed by atoms with van der Waals surface area (Å²) in [6, 6.07) is 0. The van der Waals surface area contributed by atoms with E-state index in [9.17, 15) is 17.2 Å². The van der Waals surface area contributed by atoms with E-state index < -0.39 is 15.8 Å². The van der Waals surface area contributed by atoms with Crippen molar-refractivity contribution in [1.29, 1.82) is 0 Å². The van der Waals surface area contributed by atoms with Crippen molar-refractivity contribution in [2.24, 2.45) is 10.9 Å². The van der Waals surface area contributed by atoms with Crippen LogP contribution in [0.15, 0.2) is 4.99 Å². The molecule has 0 radical (unpaired) electrons. The third kappa shape index (κ3) is 5.38. The minimum absolute atomic E-state index is 0. The SMILES string of the molecule is CN=C(NCC1CCN(S(=O)(=O)C(F)F)CC1)N1CCCC1.I. The van der Waals surface area contributed by atoms with Gasteiger partial charge in [-0.1, -0.05) is 0 Å². The van der Waals surface area contributed by atoms with Crippen LogP contribution >= 0.6 is 24.0 Å². The number of nitrogens with one attached hydrogen (secondary N) is 1. The van der Waals surface area contributed by atoms with Gasteiger partial charge in [0.05, 0.1) is 0 Å². The van der Waals surface area contributed by atoms with Crippen LogP contribution in [-0.2, 0) is 10.0 Å². The van der Waals surface area contributed by atoms with Crippen LogP contribution in [0.3, 0.4) is 0 Å². The number of guanidine groups is 1. The van der Waals surface area contributed by atoms with Crippen molar-refractivity contribution in [2.45, 2.75) is 31.4 Å². The molecule has 10 heteroatoms. The van der Waals surface area contributed by atoms with Crippen LogP contribution in [0.2, 0.25) is 0 Å². The lowest BCUT2D eigenvalue weighted by Gasteiger charge is -2.31. The highest BCUT2D eigenvalue weighted by atomic mass is 127. The predicted octanol–water partition coefficient (Wildman–Crippen LogP) is 1.54. The molecule has 2 rings (SSSR count). The number of hydrogen-bond acceptors (Lipinski definition) is 3. The normalized spacial score (nSPS) is 21.6. The van der Waals surface area contributed by atoms with Gasteiger partial charge in [0.25, 0.3) is 10.0 Å². The van der Waals surface area contributed by atoms with Crippen LogP contribution in [-0.4, -0.2) is 69.1 Å². The molecular weight excluding hydrogens is 441 g/mol. The molecule has 0 atom stereocenters. The topological polar surface area (TPSA) is 65.0 Å². The first kappa shape index (κ1) is 20.8. The fourth-order valence-electron chi connectivity index (χ4n) is 2.98. The van der Waals surface area contributed by atoms with Gasteiger partial charge in [0.15, 0.2) is 5.96 Å². The third-order valence-electron chi connectivity index (χ3n) is 4.32. The summed E-state index contributed by atoms with van der Waals surface area (Å²) in [7, 11) is -2.68. The fraction of sp³-hybridized carbons (Fsp3) is 0.923. The molecule has 2 fully saturated rings. The molecule has 0 aliphatic carbocycles. The van der Waals surface area contributed by atoms with E-state index in [0.717, 1.165) is 23.4 Å². The van der Waals surface area contributed by atoms with Crippen LogP contribution in [0.5, 0.6) is 0 Å². The third-order valence-corrected chi connectivity index (χ3v) is 5.86. The average molecular weight is 466 g/mol. The molecule has 2 aliphatic rings. The molecule has 0 unspecified atom stereocenters. The highest BCUT2D eigenvalue weighted by molar-refractivity contribution is 14.0. The van der Waals surface area contributed by atoms with Crippen molar-refractivity contribution in [1.82, 2.24) is 14.5 Å². The van der Waals surface area contributed by atoms with Gasteiger partial charge in [-0.15, -0.1) is 24.0 Å². The van der Waals surface area contributed by atoms with Gasteiger partial charge in [-0.3, -0.25) is 4.99 Å². The summed E-state index contributed by atoms with van der Waals surface area (Å²) < 4.78 is 48.7. The van der Waals surface area contributed by atoms with Crippen molar-refractivity contribution in [3.8, 4) is 0 Å². The summed E-state index contributed by atoms with van der Waals surface area (Å²) in [5, 5.41) is 3.32. The second-order valence-electron chi connectivity index (χ2n) is 5.77. The van der Waals surface area contributed by atoms with Gasteiger partial charge in [0.1, 0.15) is 0 Å². The number of rotatable bonds is 4. The van der Waals surface area contributed by atoms with E-state index in [4.69, 9.17) is 0 Å². The molecule has 2 heterocycles. The van der Waals surface area contributed by atoms with Gasteiger partial charge in [-0.2, -0.15) is 13.1 Å². The predicted molar refractivity (Wildman–Crippen MR) is 96.8 cm³/mol. The molecule has 0 amide bonds. The Morgan fingerprint density at radius 3 is 2.26 bits per heavy atom. The molecular formula is C13H25F2IN4O2S. The lowest BCUT2D eigenvalue weighted by Crippen LogP contribution is -2.45. The molecule has 2 saturated heterocycles. The molecule has 0 spiro atoms. The molecule has 0 aromatic rings. The average Bonchev–Trinajstić information content (AvgIpc) is 3.02. The summed E-state index contributed by atoms with van der Waals surface area (Å²) in [6.07, 6.45) is 3.53. The van der Waals surface area contributed by atoms with Gasteiger partial charge in [-0.25, -0.2) is 8.42 Å². The van der Waals surface area contributed by atoms with Gasteiger partial charge in [0, 0.05) is 39.8 Å². The summed E-state index contributed by atoms with van der Waals surface area (Å²) in [6.45, 7) is 3.05. The first-order valence-corrected chi connectivity index (χ1v) is 9.18. The maximum absolute atomic E-state index is 12.5. The molecule has 0 aromatic heterocycles. The number of likely N-dealkylation sites (tertiary alicyclic amines) is 1. The number of halogens is 3. The lowest BCUT2D eigenvalue weighted by molar-refractivity contribution is 0.204. The lowest BCUT2D eigenvalue weighted by atomic mass is 9.98. The van der Waals surface area contributed by atoms with Crippen molar-refractivity contribution in [3.63, 3.8) is 0 Å². The second-order valence-corrected chi connectivity index (χ2v) is 7.67. The van der Waals surface area contributed by atoms with Gasteiger partial charge in [-0.05, 0) is 31.6 Å². The molecule has 6 nitrogen and oxygen atoms in total. The molecule has 136 valence electrons. The number of hydrogen-bond donors (Lipinski definition) is 1. The molecule has 0 aromatic carbocycles. The van der Waals surface area contributed by atoms with Crippen LogP contribution in [0.4, 0.5) is 8.78 Å². The largest absolute Gasteiger partial charge is 0.356 e. The summed E-state index contributed by atoms with van der Waals surface area (Å²) in [5.41, 5.74) is 0. The minimum Gasteiger partial charge on any atom is -0.356 e. The Balaban J connectivity index is 0.00000264. The number of aliphatic imine (C=N–C) groups is 1. The monoisotopic (exact) mass is 466 g/mol. The van der Waals surface area contributed by atoms with E-state index in [1.807, 2.05) is 0 Å². The smallest absolute Gasteiger partial charge is 0.350 e. The minimum atomic E-state index is -4.42. The standard InChI is InChI=1S/C13H24F2N4O2S.HI/c1-16-13(18-6-2-3-7-18)17-10-11-4-8-19(9-5-11)22(20,21)12(14)15;/h11-12H,2-10H2,1H3,(H,16,17);1H. The van der Waals surface area contributed by atoms with Crippen LogP contribution < -0.4 is 5.32 Å². The van der Waals surface area contributed by atoms with Crippen molar-refractivity contribution in [2.75, 3.05) is 39.8 Å². The summed E-state index contributed by atoms with van der Waals surface area (Å²) >= 11 is 0. The zero-order valence-corrected chi connectivity index (χ0v) is 16.4. The molecule has 0 saturated carbocycles. The Bertz CT molecular complexity index is 490. The highest BCUT2D eigenvalue weighted by Gasteiger charge is 2.34. The Labute approximate surface area is 153 Å². The van der Waals surface area contributed by atoms with E-state index in [-0.39, 0.29) is 43.0 Å². The van der Waals surface area contributed by atoms with Gasteiger partial charge >= 0.3 is 5.76 Å². The van der Waals surface area contributed by atoms with Crippen molar-refractivity contribution in [3.05, 3.63) is 0 Å². The van der Waals surface area contributed by atoms with Gasteiger partial charge in [0.2, 0.25) is 0 Å². The van der Waals surface area contributed by atoms with E-state index in [0.29, 0.717) is 19.4 Å². The van der Waals surface area contributed by atoms with Crippen molar-refractivity contribution < 1.29 is 17.2 Å². The number of piperidine rings is 1. The Morgan fingerprint density at radius 1 is 1.22 bits per heavy atom. The van der Waals surface area contributed by atoms with E-state index in [1.54, 1.807) is 7.05 Å². The van der Waals surface area contributed by atoms with Crippen LogP contribution in [0.25, 0.3) is 0 Å².